The summed E-state index contributed by atoms with van der Waals surface area (Å²) in [5, 5.41) is 3.45. The molecule has 1 N–H and O–H groups in total. The van der Waals surface area contributed by atoms with Gasteiger partial charge in [0, 0.05) is 37.4 Å². The molecular weight excluding hydrogens is 212 g/mol. The summed E-state index contributed by atoms with van der Waals surface area (Å²) in [5.41, 5.74) is 1.20. The summed E-state index contributed by atoms with van der Waals surface area (Å²) in [6.45, 7) is 5.99. The first-order valence-corrected chi connectivity index (χ1v) is 5.94. The fourth-order valence-electron chi connectivity index (χ4n) is 1.79. The number of nitrogens with zero attached hydrogens (tertiary/aromatic N) is 3. The third-order valence-corrected chi connectivity index (χ3v) is 2.89. The van der Waals surface area contributed by atoms with Crippen LogP contribution in [0.15, 0.2) is 36.9 Å². The standard InChI is InChI=1S/C13H18N4/c1-3-17-8-7-15-13(17)10-16-11(2)12-5-4-6-14-9-12/h4-9,11,16H,3,10H2,1-2H3/t11-/m0/s1. The average molecular weight is 230 g/mol. The van der Waals surface area contributed by atoms with E-state index in [2.05, 4.69) is 39.8 Å². The molecule has 2 rings (SSSR count). The van der Waals surface area contributed by atoms with Crippen LogP contribution in [0.1, 0.15) is 31.3 Å². The molecular formula is C13H18N4. The molecule has 17 heavy (non-hydrogen) atoms. The zero-order chi connectivity index (χ0) is 12.1. The van der Waals surface area contributed by atoms with Crippen LogP contribution in [0.3, 0.4) is 0 Å². The van der Waals surface area contributed by atoms with Crippen LogP contribution in [0, 0.1) is 0 Å². The van der Waals surface area contributed by atoms with E-state index < -0.39 is 0 Å². The van der Waals surface area contributed by atoms with Gasteiger partial charge in [-0.1, -0.05) is 6.07 Å². The lowest BCUT2D eigenvalue weighted by molar-refractivity contribution is 0.539. The minimum Gasteiger partial charge on any atom is -0.334 e. The van der Waals surface area contributed by atoms with Crippen LogP contribution in [-0.2, 0) is 13.1 Å². The first-order chi connectivity index (χ1) is 8.31. The van der Waals surface area contributed by atoms with Crippen molar-refractivity contribution in [1.29, 1.82) is 0 Å². The number of hydrogen-bond acceptors (Lipinski definition) is 3. The molecule has 0 aliphatic heterocycles. The highest BCUT2D eigenvalue weighted by molar-refractivity contribution is 5.12. The molecule has 0 saturated carbocycles. The lowest BCUT2D eigenvalue weighted by Crippen LogP contribution is -2.20. The van der Waals surface area contributed by atoms with Gasteiger partial charge in [-0.3, -0.25) is 4.98 Å². The number of rotatable bonds is 5. The molecule has 0 aliphatic carbocycles. The summed E-state index contributed by atoms with van der Waals surface area (Å²) in [6.07, 6.45) is 7.53. The number of aromatic nitrogens is 3. The third kappa shape index (κ3) is 2.91. The fourth-order valence-corrected chi connectivity index (χ4v) is 1.79. The Morgan fingerprint density at radius 1 is 1.41 bits per heavy atom. The summed E-state index contributed by atoms with van der Waals surface area (Å²) in [4.78, 5) is 8.46. The summed E-state index contributed by atoms with van der Waals surface area (Å²) >= 11 is 0. The second kappa shape index (κ2) is 5.59. The Morgan fingerprint density at radius 2 is 2.29 bits per heavy atom. The molecule has 2 aromatic rings. The van der Waals surface area contributed by atoms with Crippen molar-refractivity contribution < 1.29 is 0 Å². The van der Waals surface area contributed by atoms with Crippen molar-refractivity contribution in [3.63, 3.8) is 0 Å². The Hall–Kier alpha value is -1.68. The van der Waals surface area contributed by atoms with E-state index in [0.717, 1.165) is 18.9 Å². The molecule has 0 bridgehead atoms. The van der Waals surface area contributed by atoms with E-state index in [-0.39, 0.29) is 6.04 Å². The van der Waals surface area contributed by atoms with Crippen molar-refractivity contribution in [3.8, 4) is 0 Å². The van der Waals surface area contributed by atoms with Gasteiger partial charge in [0.25, 0.3) is 0 Å². The van der Waals surface area contributed by atoms with Crippen LogP contribution < -0.4 is 5.32 Å². The lowest BCUT2D eigenvalue weighted by Gasteiger charge is -2.14. The molecule has 90 valence electrons. The van der Waals surface area contributed by atoms with Crippen molar-refractivity contribution in [2.24, 2.45) is 0 Å². The van der Waals surface area contributed by atoms with Gasteiger partial charge in [0.15, 0.2) is 0 Å². The zero-order valence-electron chi connectivity index (χ0n) is 10.3. The van der Waals surface area contributed by atoms with Crippen LogP contribution in [0.5, 0.6) is 0 Å². The summed E-state index contributed by atoms with van der Waals surface area (Å²) < 4.78 is 2.14. The third-order valence-electron chi connectivity index (χ3n) is 2.89. The largest absolute Gasteiger partial charge is 0.334 e. The number of aryl methyl sites for hydroxylation is 1. The van der Waals surface area contributed by atoms with Gasteiger partial charge < -0.3 is 9.88 Å². The zero-order valence-corrected chi connectivity index (χ0v) is 10.3. The maximum atomic E-state index is 4.34. The molecule has 0 aromatic carbocycles. The molecule has 2 heterocycles. The van der Waals surface area contributed by atoms with Gasteiger partial charge in [0.05, 0.1) is 6.54 Å². The number of pyridine rings is 1. The minimum atomic E-state index is 0.283. The summed E-state index contributed by atoms with van der Waals surface area (Å²) in [5.74, 6) is 1.07. The van der Waals surface area contributed by atoms with E-state index in [4.69, 9.17) is 0 Å². The van der Waals surface area contributed by atoms with E-state index in [9.17, 15) is 0 Å². The Bertz CT molecular complexity index is 449. The van der Waals surface area contributed by atoms with Crippen molar-refractivity contribution in [1.82, 2.24) is 19.9 Å². The van der Waals surface area contributed by atoms with Crippen LogP contribution in [-0.4, -0.2) is 14.5 Å². The Morgan fingerprint density at radius 3 is 3.00 bits per heavy atom. The van der Waals surface area contributed by atoms with Gasteiger partial charge in [-0.05, 0) is 25.5 Å². The first-order valence-electron chi connectivity index (χ1n) is 5.94. The topological polar surface area (TPSA) is 42.7 Å². The lowest BCUT2D eigenvalue weighted by atomic mass is 10.1. The highest BCUT2D eigenvalue weighted by atomic mass is 15.1. The van der Waals surface area contributed by atoms with Crippen molar-refractivity contribution >= 4 is 0 Å². The Balaban J connectivity index is 1.95. The van der Waals surface area contributed by atoms with Gasteiger partial charge in [0.1, 0.15) is 5.82 Å². The number of imidazole rings is 1. The maximum Gasteiger partial charge on any atom is 0.122 e. The number of nitrogens with one attached hydrogen (secondary N) is 1. The van der Waals surface area contributed by atoms with Crippen LogP contribution in [0.2, 0.25) is 0 Å². The molecule has 0 unspecified atom stereocenters. The number of hydrogen-bond donors (Lipinski definition) is 1. The molecule has 0 spiro atoms. The first kappa shape index (κ1) is 11.8. The van der Waals surface area contributed by atoms with Gasteiger partial charge in [0.2, 0.25) is 0 Å². The van der Waals surface area contributed by atoms with Crippen LogP contribution >= 0.6 is 0 Å². The van der Waals surface area contributed by atoms with E-state index in [0.29, 0.717) is 0 Å². The van der Waals surface area contributed by atoms with Gasteiger partial charge in [-0.2, -0.15) is 0 Å². The second-order valence-corrected chi connectivity index (χ2v) is 4.02. The molecule has 0 radical (unpaired) electrons. The minimum absolute atomic E-state index is 0.283. The van der Waals surface area contributed by atoms with Gasteiger partial charge >= 0.3 is 0 Å². The predicted octanol–water partition coefficient (Wildman–Crippen LogP) is 2.15. The smallest absolute Gasteiger partial charge is 0.122 e. The molecule has 2 aromatic heterocycles. The molecule has 1 atom stereocenters. The highest BCUT2D eigenvalue weighted by Crippen LogP contribution is 2.10. The van der Waals surface area contributed by atoms with E-state index in [1.54, 1.807) is 6.20 Å². The van der Waals surface area contributed by atoms with Gasteiger partial charge in [-0.25, -0.2) is 4.98 Å². The normalized spacial score (nSPS) is 12.6. The Kier molecular flexibility index (Phi) is 3.88. The molecule has 4 heteroatoms. The highest BCUT2D eigenvalue weighted by Gasteiger charge is 2.06. The molecule has 4 nitrogen and oxygen atoms in total. The molecule has 0 saturated heterocycles. The maximum absolute atomic E-state index is 4.34. The predicted molar refractivity (Wildman–Crippen MR) is 67.4 cm³/mol. The van der Waals surface area contributed by atoms with E-state index in [1.165, 1.54) is 5.56 Å². The molecule has 0 amide bonds. The quantitative estimate of drug-likeness (QED) is 0.855. The van der Waals surface area contributed by atoms with Crippen molar-refractivity contribution in [2.75, 3.05) is 0 Å². The SMILES string of the molecule is CCn1ccnc1CN[C@@H](C)c1cccnc1. The molecule has 0 aliphatic rings. The van der Waals surface area contributed by atoms with Gasteiger partial charge in [-0.15, -0.1) is 0 Å². The summed E-state index contributed by atoms with van der Waals surface area (Å²) in [6, 6.07) is 4.32. The summed E-state index contributed by atoms with van der Waals surface area (Å²) in [7, 11) is 0. The Labute approximate surface area is 102 Å². The average Bonchev–Trinajstić information content (AvgIpc) is 2.84. The van der Waals surface area contributed by atoms with Crippen molar-refractivity contribution in [2.45, 2.75) is 33.0 Å². The van der Waals surface area contributed by atoms with E-state index >= 15 is 0 Å². The second-order valence-electron chi connectivity index (χ2n) is 4.02. The van der Waals surface area contributed by atoms with Crippen LogP contribution in [0.4, 0.5) is 0 Å². The molecule has 0 fully saturated rings. The monoisotopic (exact) mass is 230 g/mol. The fraction of sp³-hybridized carbons (Fsp3) is 0.385. The van der Waals surface area contributed by atoms with E-state index in [1.807, 2.05) is 24.7 Å². The van der Waals surface area contributed by atoms with Crippen LogP contribution in [0.25, 0.3) is 0 Å². The van der Waals surface area contributed by atoms with Crippen molar-refractivity contribution in [3.05, 3.63) is 48.3 Å².